The minimum atomic E-state index is 0.309. The number of hydrogen-bond donors (Lipinski definition) is 1. The van der Waals surface area contributed by atoms with Crippen molar-refractivity contribution in [3.63, 3.8) is 0 Å². The molecule has 1 amide bonds. The molecule has 2 saturated carbocycles. The molecule has 2 heteroatoms. The van der Waals surface area contributed by atoms with Gasteiger partial charge in [-0.15, -0.1) is 0 Å². The van der Waals surface area contributed by atoms with Crippen molar-refractivity contribution in [2.24, 2.45) is 17.8 Å². The van der Waals surface area contributed by atoms with Gasteiger partial charge in [0, 0.05) is 12.0 Å². The van der Waals surface area contributed by atoms with E-state index >= 15 is 0 Å². The first-order valence-corrected chi connectivity index (χ1v) is 7.45. The lowest BCUT2D eigenvalue weighted by atomic mass is 9.82. The Balaban J connectivity index is 1.76. The van der Waals surface area contributed by atoms with Crippen LogP contribution in [0.1, 0.15) is 65.2 Å². The summed E-state index contributed by atoms with van der Waals surface area (Å²) in [5, 5.41) is 3.29. The zero-order chi connectivity index (χ0) is 12.3. The van der Waals surface area contributed by atoms with E-state index in [4.69, 9.17) is 0 Å². The summed E-state index contributed by atoms with van der Waals surface area (Å²) >= 11 is 0. The van der Waals surface area contributed by atoms with Crippen LogP contribution in [0.5, 0.6) is 0 Å². The van der Waals surface area contributed by atoms with Crippen molar-refractivity contribution in [1.29, 1.82) is 0 Å². The molecule has 0 aliphatic heterocycles. The molecule has 1 N–H and O–H groups in total. The van der Waals surface area contributed by atoms with Crippen molar-refractivity contribution in [1.82, 2.24) is 5.32 Å². The summed E-state index contributed by atoms with van der Waals surface area (Å²) in [7, 11) is 0. The van der Waals surface area contributed by atoms with E-state index in [9.17, 15) is 4.79 Å². The number of carbonyl (C=O) groups is 1. The Bertz CT molecular complexity index is 256. The first-order chi connectivity index (χ1) is 8.15. The van der Waals surface area contributed by atoms with Crippen molar-refractivity contribution in [3.05, 3.63) is 0 Å². The molecule has 2 unspecified atom stereocenters. The summed E-state index contributed by atoms with van der Waals surface area (Å²) in [4.78, 5) is 12.2. The summed E-state index contributed by atoms with van der Waals surface area (Å²) in [5.74, 6) is 2.27. The number of hydrogen-bond acceptors (Lipinski definition) is 1. The predicted octanol–water partition coefficient (Wildman–Crippen LogP) is 3.51. The Labute approximate surface area is 106 Å². The highest BCUT2D eigenvalue weighted by molar-refractivity contribution is 5.79. The lowest BCUT2D eigenvalue weighted by molar-refractivity contribution is -0.127. The molecule has 98 valence electrons. The fourth-order valence-corrected chi connectivity index (χ4v) is 3.41. The average Bonchev–Trinajstić information content (AvgIpc) is 2.29. The van der Waals surface area contributed by atoms with Gasteiger partial charge in [0.15, 0.2) is 0 Å². The van der Waals surface area contributed by atoms with Crippen LogP contribution >= 0.6 is 0 Å². The topological polar surface area (TPSA) is 29.1 Å². The number of carbonyl (C=O) groups excluding carboxylic acids is 1. The first kappa shape index (κ1) is 12.9. The maximum atomic E-state index is 12.2. The van der Waals surface area contributed by atoms with E-state index in [1.165, 1.54) is 38.5 Å². The molecule has 0 saturated heterocycles. The molecule has 2 aliphatic carbocycles. The summed E-state index contributed by atoms with van der Waals surface area (Å²) < 4.78 is 0. The second kappa shape index (κ2) is 5.88. The van der Waals surface area contributed by atoms with Gasteiger partial charge in [-0.2, -0.15) is 0 Å². The van der Waals surface area contributed by atoms with Crippen LogP contribution in [0.2, 0.25) is 0 Å². The quantitative estimate of drug-likeness (QED) is 0.782. The first-order valence-electron chi connectivity index (χ1n) is 7.45. The van der Waals surface area contributed by atoms with Gasteiger partial charge >= 0.3 is 0 Å². The molecule has 2 rings (SSSR count). The van der Waals surface area contributed by atoms with Crippen LogP contribution in [0, 0.1) is 17.8 Å². The smallest absolute Gasteiger partial charge is 0.223 e. The minimum Gasteiger partial charge on any atom is -0.353 e. The standard InChI is InChI=1S/C15H27NO/c1-11-6-8-13(9-7-11)15(17)16-14-5-3-4-12(2)10-14/h11-14H,3-10H2,1-2H3,(H,16,17). The molecule has 0 spiro atoms. The zero-order valence-electron chi connectivity index (χ0n) is 11.4. The van der Waals surface area contributed by atoms with Crippen LogP contribution in [0.15, 0.2) is 0 Å². The van der Waals surface area contributed by atoms with Gasteiger partial charge in [-0.25, -0.2) is 0 Å². The van der Waals surface area contributed by atoms with E-state index in [0.717, 1.165) is 24.7 Å². The molecule has 2 fully saturated rings. The summed E-state index contributed by atoms with van der Waals surface area (Å²) in [5.41, 5.74) is 0. The monoisotopic (exact) mass is 237 g/mol. The Hall–Kier alpha value is -0.530. The molecule has 0 aromatic carbocycles. The molecule has 2 aliphatic rings. The lowest BCUT2D eigenvalue weighted by Crippen LogP contribution is -2.42. The van der Waals surface area contributed by atoms with Gasteiger partial charge in [0.2, 0.25) is 5.91 Å². The van der Waals surface area contributed by atoms with Crippen molar-refractivity contribution in [2.45, 2.75) is 71.3 Å². The molecule has 0 heterocycles. The third-order valence-corrected chi connectivity index (χ3v) is 4.67. The molecule has 17 heavy (non-hydrogen) atoms. The van der Waals surface area contributed by atoms with Gasteiger partial charge in [0.05, 0.1) is 0 Å². The maximum absolute atomic E-state index is 12.2. The molecule has 2 atom stereocenters. The molecular weight excluding hydrogens is 210 g/mol. The normalized spacial score (nSPS) is 38.7. The number of rotatable bonds is 2. The number of amides is 1. The van der Waals surface area contributed by atoms with Crippen LogP contribution in [0.3, 0.4) is 0 Å². The minimum absolute atomic E-state index is 0.309. The highest BCUT2D eigenvalue weighted by Gasteiger charge is 2.27. The Morgan fingerprint density at radius 2 is 1.65 bits per heavy atom. The second-order valence-corrected chi connectivity index (χ2v) is 6.43. The Morgan fingerprint density at radius 1 is 0.941 bits per heavy atom. The molecule has 0 aromatic heterocycles. The molecule has 0 radical (unpaired) electrons. The highest BCUT2D eigenvalue weighted by atomic mass is 16.1. The van der Waals surface area contributed by atoms with E-state index in [2.05, 4.69) is 19.2 Å². The van der Waals surface area contributed by atoms with Crippen molar-refractivity contribution in [2.75, 3.05) is 0 Å². The van der Waals surface area contributed by atoms with E-state index in [1.807, 2.05) is 0 Å². The zero-order valence-corrected chi connectivity index (χ0v) is 11.4. The van der Waals surface area contributed by atoms with Gasteiger partial charge in [-0.3, -0.25) is 4.79 Å². The van der Waals surface area contributed by atoms with Crippen molar-refractivity contribution < 1.29 is 4.79 Å². The van der Waals surface area contributed by atoms with Crippen LogP contribution in [0.4, 0.5) is 0 Å². The molecule has 2 nitrogen and oxygen atoms in total. The van der Waals surface area contributed by atoms with Crippen molar-refractivity contribution >= 4 is 5.91 Å². The van der Waals surface area contributed by atoms with Crippen LogP contribution < -0.4 is 5.32 Å². The average molecular weight is 237 g/mol. The highest BCUT2D eigenvalue weighted by Crippen LogP contribution is 2.29. The van der Waals surface area contributed by atoms with E-state index in [-0.39, 0.29) is 0 Å². The Morgan fingerprint density at radius 3 is 2.29 bits per heavy atom. The molecular formula is C15H27NO. The summed E-state index contributed by atoms with van der Waals surface area (Å²) in [6.45, 7) is 4.61. The van der Waals surface area contributed by atoms with Gasteiger partial charge in [0.25, 0.3) is 0 Å². The summed E-state index contributed by atoms with van der Waals surface area (Å²) in [6.07, 6.45) is 9.69. The molecule has 0 bridgehead atoms. The largest absolute Gasteiger partial charge is 0.353 e. The third-order valence-electron chi connectivity index (χ3n) is 4.67. The van der Waals surface area contributed by atoms with Crippen LogP contribution in [0.25, 0.3) is 0 Å². The van der Waals surface area contributed by atoms with E-state index < -0.39 is 0 Å². The fraction of sp³-hybridized carbons (Fsp3) is 0.933. The lowest BCUT2D eigenvalue weighted by Gasteiger charge is -2.31. The van der Waals surface area contributed by atoms with Crippen LogP contribution in [-0.2, 0) is 4.79 Å². The van der Waals surface area contributed by atoms with Crippen molar-refractivity contribution in [3.8, 4) is 0 Å². The predicted molar refractivity (Wildman–Crippen MR) is 70.7 cm³/mol. The second-order valence-electron chi connectivity index (χ2n) is 6.43. The Kier molecular flexibility index (Phi) is 4.47. The van der Waals surface area contributed by atoms with Gasteiger partial charge in [-0.1, -0.05) is 26.7 Å². The van der Waals surface area contributed by atoms with Gasteiger partial charge in [-0.05, 0) is 50.4 Å². The SMILES string of the molecule is CC1CCC(C(=O)NC2CCCC(C)C2)CC1. The third kappa shape index (κ3) is 3.72. The van der Waals surface area contributed by atoms with E-state index in [1.54, 1.807) is 0 Å². The maximum Gasteiger partial charge on any atom is 0.223 e. The van der Waals surface area contributed by atoms with Gasteiger partial charge in [0.1, 0.15) is 0 Å². The number of nitrogens with one attached hydrogen (secondary N) is 1. The van der Waals surface area contributed by atoms with E-state index in [0.29, 0.717) is 17.9 Å². The fourth-order valence-electron chi connectivity index (χ4n) is 3.41. The molecule has 0 aromatic rings. The van der Waals surface area contributed by atoms with Gasteiger partial charge < -0.3 is 5.32 Å². The summed E-state index contributed by atoms with van der Waals surface area (Å²) in [6, 6.07) is 0.464. The van der Waals surface area contributed by atoms with Crippen LogP contribution in [-0.4, -0.2) is 11.9 Å².